The molecule has 0 saturated heterocycles. The van der Waals surface area contributed by atoms with Gasteiger partial charge < -0.3 is 4.57 Å². The van der Waals surface area contributed by atoms with Crippen LogP contribution >= 0.6 is 0 Å². The highest BCUT2D eigenvalue weighted by atomic mass is 15.1. The lowest BCUT2D eigenvalue weighted by atomic mass is 10.0. The molecule has 2 nitrogen and oxygen atoms in total. The minimum Gasteiger partial charge on any atom is -0.332 e. The maximum atomic E-state index is 4.37. The molecule has 0 aliphatic carbocycles. The van der Waals surface area contributed by atoms with Crippen molar-refractivity contribution in [3.05, 3.63) is 17.7 Å². The van der Waals surface area contributed by atoms with Crippen LogP contribution < -0.4 is 0 Å². The van der Waals surface area contributed by atoms with E-state index in [1.807, 2.05) is 6.20 Å². The minimum absolute atomic E-state index is 0.823. The maximum Gasteiger partial charge on any atom is 0.109 e. The molecular formula is C9H14N2. The van der Waals surface area contributed by atoms with Crippen LogP contribution in [0.2, 0.25) is 0 Å². The van der Waals surface area contributed by atoms with E-state index in [-0.39, 0.29) is 0 Å². The van der Waals surface area contributed by atoms with Crippen LogP contribution in [0.3, 0.4) is 0 Å². The van der Waals surface area contributed by atoms with Crippen molar-refractivity contribution in [2.75, 3.05) is 0 Å². The molecule has 0 saturated carbocycles. The molecule has 0 fully saturated rings. The van der Waals surface area contributed by atoms with Crippen LogP contribution in [0.15, 0.2) is 6.20 Å². The van der Waals surface area contributed by atoms with Crippen LogP contribution in [-0.4, -0.2) is 9.55 Å². The van der Waals surface area contributed by atoms with Gasteiger partial charge in [0, 0.05) is 24.9 Å². The summed E-state index contributed by atoms with van der Waals surface area (Å²) in [7, 11) is 0. The number of fused-ring (bicyclic) bond motifs is 1. The Morgan fingerprint density at radius 2 is 2.45 bits per heavy atom. The molecule has 2 heteroatoms. The third-order valence-corrected chi connectivity index (χ3v) is 2.51. The largest absolute Gasteiger partial charge is 0.332 e. The average Bonchev–Trinajstić information content (AvgIpc) is 2.32. The molecule has 0 aromatic carbocycles. The van der Waals surface area contributed by atoms with E-state index in [0.717, 1.165) is 12.3 Å². The summed E-state index contributed by atoms with van der Waals surface area (Å²) in [6.07, 6.45) is 4.45. The number of hydrogen-bond acceptors (Lipinski definition) is 1. The van der Waals surface area contributed by atoms with E-state index in [4.69, 9.17) is 0 Å². The zero-order valence-corrected chi connectivity index (χ0v) is 7.17. The highest BCUT2D eigenvalue weighted by Gasteiger charge is 2.16. The van der Waals surface area contributed by atoms with Gasteiger partial charge in [-0.2, -0.15) is 0 Å². The van der Waals surface area contributed by atoms with E-state index in [1.54, 1.807) is 0 Å². The Morgan fingerprint density at radius 3 is 3.27 bits per heavy atom. The summed E-state index contributed by atoms with van der Waals surface area (Å²) >= 11 is 0. The lowest BCUT2D eigenvalue weighted by molar-refractivity contribution is 0.405. The van der Waals surface area contributed by atoms with Gasteiger partial charge in [0.15, 0.2) is 0 Å². The first-order valence-corrected chi connectivity index (χ1v) is 4.28. The molecule has 1 atom stereocenters. The van der Waals surface area contributed by atoms with E-state index in [2.05, 4.69) is 23.4 Å². The summed E-state index contributed by atoms with van der Waals surface area (Å²) in [6, 6.07) is 0. The number of imidazole rings is 1. The van der Waals surface area contributed by atoms with Crippen molar-refractivity contribution in [1.29, 1.82) is 0 Å². The first kappa shape index (κ1) is 6.89. The van der Waals surface area contributed by atoms with Crippen LogP contribution in [0.1, 0.15) is 24.9 Å². The van der Waals surface area contributed by atoms with Crippen molar-refractivity contribution in [2.45, 2.75) is 33.2 Å². The van der Waals surface area contributed by atoms with Gasteiger partial charge in [-0.05, 0) is 19.3 Å². The smallest absolute Gasteiger partial charge is 0.109 e. The lowest BCUT2D eigenvalue weighted by Gasteiger charge is -2.20. The molecule has 0 radical (unpaired) electrons. The fourth-order valence-electron chi connectivity index (χ4n) is 1.74. The Bertz CT molecular complexity index is 263. The molecule has 1 aliphatic rings. The molecule has 0 unspecified atom stereocenters. The van der Waals surface area contributed by atoms with Gasteiger partial charge >= 0.3 is 0 Å². The highest BCUT2D eigenvalue weighted by Crippen LogP contribution is 2.19. The molecule has 1 aromatic rings. The van der Waals surface area contributed by atoms with Gasteiger partial charge in [-0.25, -0.2) is 4.98 Å². The normalized spacial score (nSPS) is 23.3. The molecule has 60 valence electrons. The summed E-state index contributed by atoms with van der Waals surface area (Å²) in [5, 5.41) is 0. The number of aromatic nitrogens is 2. The van der Waals surface area contributed by atoms with E-state index in [0.29, 0.717) is 0 Å². The van der Waals surface area contributed by atoms with E-state index < -0.39 is 0 Å². The zero-order valence-electron chi connectivity index (χ0n) is 7.17. The Hall–Kier alpha value is -0.790. The first-order chi connectivity index (χ1) is 5.27. The highest BCUT2D eigenvalue weighted by molar-refractivity contribution is 5.05. The van der Waals surface area contributed by atoms with Gasteiger partial charge in [-0.1, -0.05) is 6.92 Å². The van der Waals surface area contributed by atoms with Crippen LogP contribution in [0.4, 0.5) is 0 Å². The Morgan fingerprint density at radius 1 is 1.64 bits per heavy atom. The standard InChI is InChI=1S/C9H14N2/c1-7-3-4-11-8(2)6-10-9(11)5-7/h6-7H,3-5H2,1-2H3/t7-/m0/s1. The predicted molar refractivity (Wildman–Crippen MR) is 44.4 cm³/mol. The zero-order chi connectivity index (χ0) is 7.84. The van der Waals surface area contributed by atoms with Gasteiger partial charge in [0.2, 0.25) is 0 Å². The molecular weight excluding hydrogens is 136 g/mol. The van der Waals surface area contributed by atoms with E-state index in [1.165, 1.54) is 24.5 Å². The molecule has 0 N–H and O–H groups in total. The third kappa shape index (κ3) is 1.06. The summed E-state index contributed by atoms with van der Waals surface area (Å²) in [4.78, 5) is 4.37. The van der Waals surface area contributed by atoms with Crippen LogP contribution in [-0.2, 0) is 13.0 Å². The van der Waals surface area contributed by atoms with Gasteiger partial charge in [0.05, 0.1) is 0 Å². The van der Waals surface area contributed by atoms with Crippen molar-refractivity contribution < 1.29 is 0 Å². The maximum absolute atomic E-state index is 4.37. The molecule has 0 amide bonds. The summed E-state index contributed by atoms with van der Waals surface area (Å²) in [5.41, 5.74) is 1.31. The molecule has 0 spiro atoms. The van der Waals surface area contributed by atoms with E-state index in [9.17, 15) is 0 Å². The van der Waals surface area contributed by atoms with Crippen LogP contribution in [0.25, 0.3) is 0 Å². The Labute approximate surface area is 67.3 Å². The molecule has 1 aliphatic heterocycles. The van der Waals surface area contributed by atoms with Crippen molar-refractivity contribution in [3.63, 3.8) is 0 Å². The summed E-state index contributed by atoms with van der Waals surface area (Å²) in [6.45, 7) is 5.60. The third-order valence-electron chi connectivity index (χ3n) is 2.51. The summed E-state index contributed by atoms with van der Waals surface area (Å²) in [5.74, 6) is 2.10. The van der Waals surface area contributed by atoms with Gasteiger partial charge in [-0.15, -0.1) is 0 Å². The lowest BCUT2D eigenvalue weighted by Crippen LogP contribution is -2.17. The monoisotopic (exact) mass is 150 g/mol. The number of rotatable bonds is 0. The molecule has 2 rings (SSSR count). The second-order valence-corrected chi connectivity index (χ2v) is 3.57. The summed E-state index contributed by atoms with van der Waals surface area (Å²) < 4.78 is 2.33. The average molecular weight is 150 g/mol. The fourth-order valence-corrected chi connectivity index (χ4v) is 1.74. The number of hydrogen-bond donors (Lipinski definition) is 0. The minimum atomic E-state index is 0.823. The Kier molecular flexibility index (Phi) is 1.48. The van der Waals surface area contributed by atoms with Crippen molar-refractivity contribution in [3.8, 4) is 0 Å². The van der Waals surface area contributed by atoms with Crippen molar-refractivity contribution in [2.24, 2.45) is 5.92 Å². The van der Waals surface area contributed by atoms with Crippen LogP contribution in [0.5, 0.6) is 0 Å². The first-order valence-electron chi connectivity index (χ1n) is 4.28. The molecule has 0 bridgehead atoms. The number of nitrogens with zero attached hydrogens (tertiary/aromatic N) is 2. The van der Waals surface area contributed by atoms with Gasteiger partial charge in [-0.3, -0.25) is 0 Å². The molecule has 2 heterocycles. The van der Waals surface area contributed by atoms with Gasteiger partial charge in [0.25, 0.3) is 0 Å². The van der Waals surface area contributed by atoms with Gasteiger partial charge in [0.1, 0.15) is 5.82 Å². The van der Waals surface area contributed by atoms with Crippen molar-refractivity contribution in [1.82, 2.24) is 9.55 Å². The molecule has 11 heavy (non-hydrogen) atoms. The van der Waals surface area contributed by atoms with E-state index >= 15 is 0 Å². The van der Waals surface area contributed by atoms with Crippen molar-refractivity contribution >= 4 is 0 Å². The number of aryl methyl sites for hydroxylation is 1. The SMILES string of the molecule is Cc1cnc2n1CC[C@H](C)C2. The topological polar surface area (TPSA) is 17.8 Å². The quantitative estimate of drug-likeness (QED) is 0.551. The second kappa shape index (κ2) is 2.36. The second-order valence-electron chi connectivity index (χ2n) is 3.57. The predicted octanol–water partition coefficient (Wildman–Crippen LogP) is 1.77. The van der Waals surface area contributed by atoms with Crippen LogP contribution in [0, 0.1) is 12.8 Å². The fraction of sp³-hybridized carbons (Fsp3) is 0.667. The Balaban J connectivity index is 2.36. The molecule has 1 aromatic heterocycles.